The monoisotopic (exact) mass is 190 g/mol. The number of rotatable bonds is 2. The molecule has 0 aliphatic heterocycles. The van der Waals surface area contributed by atoms with Gasteiger partial charge in [-0.05, 0) is 19.4 Å². The second kappa shape index (κ2) is 4.41. The molecule has 4 N–H and O–H groups in total. The Morgan fingerprint density at radius 2 is 2.21 bits per heavy atom. The van der Waals surface area contributed by atoms with Gasteiger partial charge in [0, 0.05) is 0 Å². The number of nitrogens with zero attached hydrogens (tertiary/aromatic N) is 1. The highest BCUT2D eigenvalue weighted by Gasteiger charge is 1.96. The van der Waals surface area contributed by atoms with Gasteiger partial charge < -0.3 is 5.73 Å². The first kappa shape index (κ1) is 10.2. The van der Waals surface area contributed by atoms with Crippen molar-refractivity contribution >= 4 is 11.7 Å². The van der Waals surface area contributed by atoms with Crippen molar-refractivity contribution in [1.29, 1.82) is 5.41 Å². The molecular weight excluding hydrogens is 176 g/mol. The molecule has 0 amide bonds. The zero-order valence-corrected chi connectivity index (χ0v) is 8.33. The van der Waals surface area contributed by atoms with E-state index in [1.54, 1.807) is 0 Å². The van der Waals surface area contributed by atoms with Crippen LogP contribution in [0, 0.1) is 12.3 Å². The molecule has 0 unspecified atom stereocenters. The normalized spacial score (nSPS) is 11.1. The van der Waals surface area contributed by atoms with Gasteiger partial charge in [0.1, 0.15) is 0 Å². The molecule has 0 saturated heterocycles. The SMILES string of the molecule is C/C(=N\NC(=N)N)c1cccc(C)c1. The van der Waals surface area contributed by atoms with E-state index in [1.165, 1.54) is 5.56 Å². The minimum absolute atomic E-state index is 0.156. The lowest BCUT2D eigenvalue weighted by molar-refractivity contribution is 0.991. The maximum atomic E-state index is 6.95. The van der Waals surface area contributed by atoms with E-state index in [2.05, 4.69) is 10.5 Å². The summed E-state index contributed by atoms with van der Waals surface area (Å²) in [6.45, 7) is 3.89. The first-order valence-electron chi connectivity index (χ1n) is 4.31. The average Bonchev–Trinajstić information content (AvgIpc) is 2.14. The molecule has 0 spiro atoms. The molecule has 14 heavy (non-hydrogen) atoms. The number of hydrogen-bond donors (Lipinski definition) is 3. The minimum Gasteiger partial charge on any atom is -0.369 e. The van der Waals surface area contributed by atoms with Gasteiger partial charge in [0.2, 0.25) is 5.96 Å². The second-order valence-corrected chi connectivity index (χ2v) is 3.09. The van der Waals surface area contributed by atoms with Crippen molar-refractivity contribution in [2.24, 2.45) is 10.8 Å². The van der Waals surface area contributed by atoms with Crippen molar-refractivity contribution in [1.82, 2.24) is 5.43 Å². The van der Waals surface area contributed by atoms with Crippen LogP contribution < -0.4 is 11.2 Å². The maximum absolute atomic E-state index is 6.95. The Balaban J connectivity index is 2.83. The molecule has 0 aliphatic rings. The molecule has 4 nitrogen and oxygen atoms in total. The molecular formula is C10H14N4. The zero-order chi connectivity index (χ0) is 10.6. The van der Waals surface area contributed by atoms with E-state index in [4.69, 9.17) is 11.1 Å². The standard InChI is InChI=1S/C10H14N4/c1-7-4-3-5-9(6-7)8(2)13-14-10(11)12/h3-6H,1-2H3,(H4,11,12,14)/b13-8+. The summed E-state index contributed by atoms with van der Waals surface area (Å²) in [6, 6.07) is 7.99. The van der Waals surface area contributed by atoms with Crippen LogP contribution in [0.25, 0.3) is 0 Å². The van der Waals surface area contributed by atoms with Crippen LogP contribution >= 0.6 is 0 Å². The largest absolute Gasteiger partial charge is 0.369 e. The van der Waals surface area contributed by atoms with Gasteiger partial charge in [-0.1, -0.05) is 29.8 Å². The minimum atomic E-state index is -0.156. The van der Waals surface area contributed by atoms with E-state index in [0.717, 1.165) is 11.3 Å². The Bertz CT molecular complexity index is 368. The third kappa shape index (κ3) is 2.90. The van der Waals surface area contributed by atoms with Crippen molar-refractivity contribution in [3.05, 3.63) is 35.4 Å². The predicted octanol–water partition coefficient (Wildman–Crippen LogP) is 1.20. The zero-order valence-electron chi connectivity index (χ0n) is 8.33. The lowest BCUT2D eigenvalue weighted by Gasteiger charge is -2.02. The summed E-state index contributed by atoms with van der Waals surface area (Å²) in [6.07, 6.45) is 0. The summed E-state index contributed by atoms with van der Waals surface area (Å²) >= 11 is 0. The van der Waals surface area contributed by atoms with Gasteiger partial charge in [0.25, 0.3) is 0 Å². The van der Waals surface area contributed by atoms with Crippen LogP contribution in [0.4, 0.5) is 0 Å². The van der Waals surface area contributed by atoms with Crippen molar-refractivity contribution in [3.63, 3.8) is 0 Å². The van der Waals surface area contributed by atoms with E-state index in [9.17, 15) is 0 Å². The van der Waals surface area contributed by atoms with Crippen molar-refractivity contribution in [2.45, 2.75) is 13.8 Å². The predicted molar refractivity (Wildman–Crippen MR) is 58.4 cm³/mol. The number of aryl methyl sites for hydroxylation is 1. The molecule has 0 aromatic heterocycles. The number of hydrazone groups is 1. The van der Waals surface area contributed by atoms with E-state index in [1.807, 2.05) is 38.1 Å². The van der Waals surface area contributed by atoms with Gasteiger partial charge in [-0.3, -0.25) is 5.41 Å². The van der Waals surface area contributed by atoms with Crippen molar-refractivity contribution < 1.29 is 0 Å². The van der Waals surface area contributed by atoms with E-state index in [-0.39, 0.29) is 5.96 Å². The molecule has 0 radical (unpaired) electrons. The first-order chi connectivity index (χ1) is 6.59. The number of guanidine groups is 1. The average molecular weight is 190 g/mol. The molecule has 0 saturated carbocycles. The molecule has 1 aromatic carbocycles. The topological polar surface area (TPSA) is 74.3 Å². The first-order valence-corrected chi connectivity index (χ1v) is 4.31. The van der Waals surface area contributed by atoms with Crippen LogP contribution in [0.2, 0.25) is 0 Å². The van der Waals surface area contributed by atoms with Crippen LogP contribution in [0.3, 0.4) is 0 Å². The summed E-state index contributed by atoms with van der Waals surface area (Å²) in [5.41, 5.74) is 10.5. The summed E-state index contributed by atoms with van der Waals surface area (Å²) in [7, 11) is 0. The fraction of sp³-hybridized carbons (Fsp3) is 0.200. The maximum Gasteiger partial charge on any atom is 0.206 e. The molecule has 0 fully saturated rings. The van der Waals surface area contributed by atoms with Gasteiger partial charge in [-0.25, -0.2) is 5.43 Å². The Morgan fingerprint density at radius 1 is 1.50 bits per heavy atom. The van der Waals surface area contributed by atoms with Crippen LogP contribution in [0.5, 0.6) is 0 Å². The quantitative estimate of drug-likeness (QED) is 0.372. The Hall–Kier alpha value is -1.84. The van der Waals surface area contributed by atoms with Gasteiger partial charge in [-0.2, -0.15) is 5.10 Å². The Kier molecular flexibility index (Phi) is 3.23. The van der Waals surface area contributed by atoms with Gasteiger partial charge in [0.15, 0.2) is 0 Å². The number of nitrogens with two attached hydrogens (primary N) is 1. The second-order valence-electron chi connectivity index (χ2n) is 3.09. The fourth-order valence-corrected chi connectivity index (χ4v) is 1.08. The highest BCUT2D eigenvalue weighted by atomic mass is 15.3. The molecule has 0 bridgehead atoms. The molecule has 1 aromatic rings. The van der Waals surface area contributed by atoms with Gasteiger partial charge >= 0.3 is 0 Å². The van der Waals surface area contributed by atoms with Crippen LogP contribution in [0.15, 0.2) is 29.4 Å². The van der Waals surface area contributed by atoms with E-state index in [0.29, 0.717) is 0 Å². The summed E-state index contributed by atoms with van der Waals surface area (Å²) in [4.78, 5) is 0. The van der Waals surface area contributed by atoms with Crippen LogP contribution in [-0.4, -0.2) is 11.7 Å². The number of nitrogens with one attached hydrogen (secondary N) is 2. The highest BCUT2D eigenvalue weighted by molar-refractivity contribution is 5.99. The number of benzene rings is 1. The van der Waals surface area contributed by atoms with Crippen molar-refractivity contribution in [3.8, 4) is 0 Å². The van der Waals surface area contributed by atoms with Crippen LogP contribution in [0.1, 0.15) is 18.1 Å². The van der Waals surface area contributed by atoms with Gasteiger partial charge in [-0.15, -0.1) is 0 Å². The van der Waals surface area contributed by atoms with Gasteiger partial charge in [0.05, 0.1) is 5.71 Å². The fourth-order valence-electron chi connectivity index (χ4n) is 1.08. The summed E-state index contributed by atoms with van der Waals surface area (Å²) < 4.78 is 0. The summed E-state index contributed by atoms with van der Waals surface area (Å²) in [5, 5.41) is 10.9. The van der Waals surface area contributed by atoms with E-state index < -0.39 is 0 Å². The smallest absolute Gasteiger partial charge is 0.206 e. The molecule has 0 aliphatic carbocycles. The third-order valence-electron chi connectivity index (χ3n) is 1.78. The molecule has 4 heteroatoms. The van der Waals surface area contributed by atoms with E-state index >= 15 is 0 Å². The van der Waals surface area contributed by atoms with Crippen LogP contribution in [-0.2, 0) is 0 Å². The Morgan fingerprint density at radius 3 is 2.79 bits per heavy atom. The Labute approximate surface area is 83.3 Å². The molecule has 74 valence electrons. The summed E-state index contributed by atoms with van der Waals surface area (Å²) in [5.74, 6) is -0.156. The number of hydrogen-bond acceptors (Lipinski definition) is 2. The lowest BCUT2D eigenvalue weighted by atomic mass is 10.1. The molecule has 0 heterocycles. The third-order valence-corrected chi connectivity index (χ3v) is 1.78. The highest BCUT2D eigenvalue weighted by Crippen LogP contribution is 2.04. The lowest BCUT2D eigenvalue weighted by Crippen LogP contribution is -2.26. The van der Waals surface area contributed by atoms with Crippen molar-refractivity contribution in [2.75, 3.05) is 0 Å². The molecule has 1 rings (SSSR count). The molecule has 0 atom stereocenters.